The molecule has 0 saturated heterocycles. The van der Waals surface area contributed by atoms with Gasteiger partial charge in [0.25, 0.3) is 0 Å². The summed E-state index contributed by atoms with van der Waals surface area (Å²) in [6.45, 7) is 1.97. The predicted molar refractivity (Wildman–Crippen MR) is 64.4 cm³/mol. The van der Waals surface area contributed by atoms with Crippen molar-refractivity contribution in [2.75, 3.05) is 0 Å². The third-order valence-electron chi connectivity index (χ3n) is 2.40. The highest BCUT2D eigenvalue weighted by Crippen LogP contribution is 2.30. The monoisotopic (exact) mass is 209 g/mol. The molecule has 2 heteroatoms. The molecule has 2 aromatic rings. The van der Waals surface area contributed by atoms with Gasteiger partial charge in [-0.15, -0.1) is 0 Å². The number of isocyanates is 1. The molecular formula is C14H11NO. The summed E-state index contributed by atoms with van der Waals surface area (Å²) in [7, 11) is 0. The summed E-state index contributed by atoms with van der Waals surface area (Å²) in [6.07, 6.45) is 1.60. The lowest BCUT2D eigenvalue weighted by atomic mass is 10.0. The van der Waals surface area contributed by atoms with Crippen LogP contribution in [0.2, 0.25) is 0 Å². The van der Waals surface area contributed by atoms with E-state index in [0.29, 0.717) is 5.69 Å². The van der Waals surface area contributed by atoms with E-state index in [-0.39, 0.29) is 0 Å². The summed E-state index contributed by atoms with van der Waals surface area (Å²) in [5.74, 6) is 0. The maximum atomic E-state index is 10.4. The van der Waals surface area contributed by atoms with Crippen LogP contribution in [0.3, 0.4) is 0 Å². The molecule has 0 amide bonds. The van der Waals surface area contributed by atoms with Crippen LogP contribution in [-0.2, 0) is 4.79 Å². The first kappa shape index (κ1) is 10.3. The molecule has 0 heterocycles. The standard InChI is InChI=1S/C14H11NO/c1-11-7-8-13(14(9-11)15-10-16)12-5-3-2-4-6-12/h2-9H,1H3. The van der Waals surface area contributed by atoms with E-state index >= 15 is 0 Å². The Morgan fingerprint density at radius 2 is 1.81 bits per heavy atom. The Morgan fingerprint density at radius 1 is 1.06 bits per heavy atom. The molecule has 2 aromatic carbocycles. The maximum absolute atomic E-state index is 10.4. The van der Waals surface area contributed by atoms with Gasteiger partial charge in [0.1, 0.15) is 0 Å². The van der Waals surface area contributed by atoms with Crippen LogP contribution in [0.4, 0.5) is 5.69 Å². The van der Waals surface area contributed by atoms with Crippen LogP contribution in [0, 0.1) is 6.92 Å². The van der Waals surface area contributed by atoms with Crippen molar-refractivity contribution in [1.82, 2.24) is 0 Å². The van der Waals surface area contributed by atoms with Crippen molar-refractivity contribution in [3.8, 4) is 11.1 Å². The molecule has 0 fully saturated rings. The zero-order valence-corrected chi connectivity index (χ0v) is 8.97. The Kier molecular flexibility index (Phi) is 2.95. The molecule has 0 aliphatic carbocycles. The predicted octanol–water partition coefficient (Wildman–Crippen LogP) is 3.63. The topological polar surface area (TPSA) is 29.4 Å². The number of aliphatic imine (C=N–C) groups is 1. The van der Waals surface area contributed by atoms with Crippen molar-refractivity contribution in [3.63, 3.8) is 0 Å². The smallest absolute Gasteiger partial charge is 0.211 e. The molecule has 2 nitrogen and oxygen atoms in total. The number of aryl methyl sites for hydroxylation is 1. The van der Waals surface area contributed by atoms with Gasteiger partial charge in [0, 0.05) is 5.56 Å². The summed E-state index contributed by atoms with van der Waals surface area (Å²) in [5.41, 5.74) is 3.75. The first-order valence-corrected chi connectivity index (χ1v) is 5.05. The molecule has 0 unspecified atom stereocenters. The minimum atomic E-state index is 0.668. The Labute approximate surface area is 94.3 Å². The Balaban J connectivity index is 2.61. The van der Waals surface area contributed by atoms with E-state index in [2.05, 4.69) is 4.99 Å². The van der Waals surface area contributed by atoms with Crippen molar-refractivity contribution < 1.29 is 4.79 Å². The number of rotatable bonds is 2. The molecule has 0 saturated carbocycles. The van der Waals surface area contributed by atoms with Gasteiger partial charge in [0.05, 0.1) is 5.69 Å². The van der Waals surface area contributed by atoms with Crippen LogP contribution in [-0.4, -0.2) is 6.08 Å². The highest BCUT2D eigenvalue weighted by atomic mass is 16.1. The summed E-state index contributed by atoms with van der Waals surface area (Å²) in [6, 6.07) is 15.7. The largest absolute Gasteiger partial charge is 0.240 e. The van der Waals surface area contributed by atoms with E-state index in [1.165, 1.54) is 0 Å². The van der Waals surface area contributed by atoms with Gasteiger partial charge in [0.2, 0.25) is 6.08 Å². The van der Waals surface area contributed by atoms with E-state index in [1.807, 2.05) is 55.5 Å². The molecule has 0 N–H and O–H groups in total. The lowest BCUT2D eigenvalue weighted by Crippen LogP contribution is -1.80. The van der Waals surface area contributed by atoms with Crippen LogP contribution in [0.1, 0.15) is 5.56 Å². The fraction of sp³-hybridized carbons (Fsp3) is 0.0714. The Bertz CT molecular complexity index is 540. The second-order valence-corrected chi connectivity index (χ2v) is 3.59. The zero-order valence-electron chi connectivity index (χ0n) is 8.97. The average molecular weight is 209 g/mol. The molecule has 0 spiro atoms. The lowest BCUT2D eigenvalue weighted by Gasteiger charge is -2.05. The SMILES string of the molecule is Cc1ccc(-c2ccccc2)c(N=C=O)c1. The molecule has 2 rings (SSSR count). The third kappa shape index (κ3) is 2.08. The number of hydrogen-bond acceptors (Lipinski definition) is 2. The van der Waals surface area contributed by atoms with Crippen molar-refractivity contribution in [2.24, 2.45) is 4.99 Å². The number of hydrogen-bond donors (Lipinski definition) is 0. The molecule has 0 aromatic heterocycles. The van der Waals surface area contributed by atoms with Gasteiger partial charge in [-0.3, -0.25) is 0 Å². The van der Waals surface area contributed by atoms with Gasteiger partial charge in [-0.1, -0.05) is 42.5 Å². The van der Waals surface area contributed by atoms with Crippen molar-refractivity contribution in [3.05, 3.63) is 54.1 Å². The summed E-state index contributed by atoms with van der Waals surface area (Å²) < 4.78 is 0. The van der Waals surface area contributed by atoms with Gasteiger partial charge >= 0.3 is 0 Å². The van der Waals surface area contributed by atoms with E-state index < -0.39 is 0 Å². The van der Waals surface area contributed by atoms with Gasteiger partial charge in [-0.05, 0) is 24.1 Å². The molecule has 0 radical (unpaired) electrons. The molecular weight excluding hydrogens is 198 g/mol. The summed E-state index contributed by atoms with van der Waals surface area (Å²) in [4.78, 5) is 14.1. The normalized spacial score (nSPS) is 9.56. The minimum Gasteiger partial charge on any atom is -0.211 e. The Hall–Kier alpha value is -2.18. The van der Waals surface area contributed by atoms with Gasteiger partial charge < -0.3 is 0 Å². The fourth-order valence-corrected chi connectivity index (χ4v) is 1.65. The lowest BCUT2D eigenvalue weighted by molar-refractivity contribution is 0.565. The second-order valence-electron chi connectivity index (χ2n) is 3.59. The third-order valence-corrected chi connectivity index (χ3v) is 2.40. The van der Waals surface area contributed by atoms with E-state index in [1.54, 1.807) is 6.08 Å². The average Bonchev–Trinajstić information content (AvgIpc) is 2.31. The fourth-order valence-electron chi connectivity index (χ4n) is 1.65. The van der Waals surface area contributed by atoms with E-state index in [0.717, 1.165) is 16.7 Å². The molecule has 0 aliphatic rings. The zero-order chi connectivity index (χ0) is 11.4. The van der Waals surface area contributed by atoms with Crippen LogP contribution < -0.4 is 0 Å². The quantitative estimate of drug-likeness (QED) is 0.548. The molecule has 0 bridgehead atoms. The van der Waals surface area contributed by atoms with E-state index in [4.69, 9.17) is 0 Å². The van der Waals surface area contributed by atoms with Crippen molar-refractivity contribution in [1.29, 1.82) is 0 Å². The minimum absolute atomic E-state index is 0.668. The highest BCUT2D eigenvalue weighted by Gasteiger charge is 2.03. The second kappa shape index (κ2) is 4.56. The maximum Gasteiger partial charge on any atom is 0.240 e. The number of carbonyl (C=O) groups excluding carboxylic acids is 1. The summed E-state index contributed by atoms with van der Waals surface area (Å²) in [5, 5.41) is 0. The van der Waals surface area contributed by atoms with Crippen molar-refractivity contribution in [2.45, 2.75) is 6.92 Å². The molecule has 0 atom stereocenters. The highest BCUT2D eigenvalue weighted by molar-refractivity contribution is 5.77. The summed E-state index contributed by atoms with van der Waals surface area (Å²) >= 11 is 0. The molecule has 78 valence electrons. The van der Waals surface area contributed by atoms with Crippen LogP contribution in [0.15, 0.2) is 53.5 Å². The Morgan fingerprint density at radius 3 is 2.50 bits per heavy atom. The van der Waals surface area contributed by atoms with Crippen molar-refractivity contribution >= 4 is 11.8 Å². The number of nitrogens with zero attached hydrogens (tertiary/aromatic N) is 1. The van der Waals surface area contributed by atoms with Gasteiger partial charge in [-0.2, -0.15) is 4.99 Å². The van der Waals surface area contributed by atoms with Crippen LogP contribution in [0.25, 0.3) is 11.1 Å². The first-order chi connectivity index (χ1) is 7.81. The molecule has 0 aliphatic heterocycles. The van der Waals surface area contributed by atoms with Gasteiger partial charge in [0.15, 0.2) is 0 Å². The van der Waals surface area contributed by atoms with Crippen LogP contribution >= 0.6 is 0 Å². The van der Waals surface area contributed by atoms with E-state index in [9.17, 15) is 4.79 Å². The van der Waals surface area contributed by atoms with Crippen LogP contribution in [0.5, 0.6) is 0 Å². The first-order valence-electron chi connectivity index (χ1n) is 5.05. The van der Waals surface area contributed by atoms with Gasteiger partial charge in [-0.25, -0.2) is 4.79 Å². The molecule has 16 heavy (non-hydrogen) atoms. The number of benzene rings is 2.